The van der Waals surface area contributed by atoms with Crippen LogP contribution in [0.5, 0.6) is 11.5 Å². The molecule has 0 aliphatic carbocycles. The van der Waals surface area contributed by atoms with E-state index in [-0.39, 0.29) is 18.8 Å². The van der Waals surface area contributed by atoms with Gasteiger partial charge in [-0.1, -0.05) is 178 Å². The minimum atomic E-state index is -0.227. The lowest BCUT2D eigenvalue weighted by molar-refractivity contribution is 0.487. The number of para-hydroxylation sites is 8. The summed E-state index contributed by atoms with van der Waals surface area (Å²) in [6.45, 7) is 6.54. The Morgan fingerprint density at radius 3 is 1.23 bits per heavy atom. The van der Waals surface area contributed by atoms with E-state index in [9.17, 15) is 0 Å². The number of pyridine rings is 1. The van der Waals surface area contributed by atoms with Crippen LogP contribution >= 0.6 is 0 Å². The van der Waals surface area contributed by atoms with Gasteiger partial charge in [-0.2, -0.15) is 0 Å². The van der Waals surface area contributed by atoms with Gasteiger partial charge >= 0.3 is 0 Å². The van der Waals surface area contributed by atoms with E-state index in [1.165, 1.54) is 16.5 Å². The summed E-state index contributed by atoms with van der Waals surface area (Å²) in [5, 5.41) is 0. The maximum Gasteiger partial charge on any atom is 0.258 e. The van der Waals surface area contributed by atoms with Crippen molar-refractivity contribution in [2.45, 2.75) is 26.2 Å². The second-order valence-corrected chi connectivity index (χ2v) is 23.1. The Morgan fingerprint density at radius 1 is 0.321 bits per heavy atom. The minimum Gasteiger partial charge on any atom is -0.458 e. The Hall–Kier alpha value is -10.5. The maximum absolute atomic E-state index is 7.23. The standard InChI is InChI=1S/C75H56B2N6O/c1-75(2,3)51-45-66-71-67(46-51)82(57-37-21-9-22-38-57)73-63(76(71)61-44-43-59(47-65(61)81(66)56-35-19-8-20-36-56)79(52-27-11-4-12-28-52)53-29-13-5-14-30-53)50-64-74(78-73)83(58-39-23-10-24-40-58)68-48-60(49-70-72(68)77(64)62-41-25-26-42-69(62)84-70)80(54-31-15-6-16-32-54)55-33-17-7-18-34-55/h4-50H,1-3H3. The molecule has 0 atom stereocenters. The van der Waals surface area contributed by atoms with Crippen LogP contribution in [0.25, 0.3) is 0 Å². The molecule has 0 spiro atoms. The number of hydrogen-bond donors (Lipinski definition) is 0. The first kappa shape index (κ1) is 49.3. The van der Waals surface area contributed by atoms with Gasteiger partial charge in [-0.05, 0) is 165 Å². The molecule has 0 radical (unpaired) electrons. The Morgan fingerprint density at radius 2 is 0.726 bits per heavy atom. The van der Waals surface area contributed by atoms with Gasteiger partial charge in [-0.15, -0.1) is 0 Å². The Bertz CT molecular complexity index is 4400. The van der Waals surface area contributed by atoms with E-state index in [0.717, 1.165) is 119 Å². The molecule has 0 saturated heterocycles. The van der Waals surface area contributed by atoms with Gasteiger partial charge in [-0.25, -0.2) is 4.98 Å². The first-order valence-electron chi connectivity index (χ1n) is 29.0. The molecule has 0 amide bonds. The number of nitrogens with zero attached hydrogens (tertiary/aromatic N) is 6. The Labute approximate surface area is 491 Å². The number of ether oxygens (including phenoxy) is 1. The molecular formula is C75H56B2N6O. The molecule has 398 valence electrons. The summed E-state index contributed by atoms with van der Waals surface area (Å²) in [6, 6.07) is 103. The quantitative estimate of drug-likeness (QED) is 0.133. The first-order chi connectivity index (χ1) is 41.3. The van der Waals surface area contributed by atoms with E-state index in [1.807, 2.05) is 0 Å². The lowest BCUT2D eigenvalue weighted by Crippen LogP contribution is -2.65. The smallest absolute Gasteiger partial charge is 0.258 e. The molecule has 7 nitrogen and oxygen atoms in total. The van der Waals surface area contributed by atoms with Crippen molar-refractivity contribution in [1.29, 1.82) is 0 Å². The van der Waals surface area contributed by atoms with E-state index in [0.29, 0.717) is 0 Å². The molecule has 9 heteroatoms. The molecule has 0 saturated carbocycles. The lowest BCUT2D eigenvalue weighted by Gasteiger charge is -2.46. The predicted octanol–water partition coefficient (Wildman–Crippen LogP) is 15.8. The Kier molecular flexibility index (Phi) is 11.5. The molecule has 0 fully saturated rings. The van der Waals surface area contributed by atoms with Gasteiger partial charge in [0.2, 0.25) is 0 Å². The highest BCUT2D eigenvalue weighted by Crippen LogP contribution is 2.50. The van der Waals surface area contributed by atoms with Crippen LogP contribution in [-0.2, 0) is 5.41 Å². The first-order valence-corrected chi connectivity index (χ1v) is 29.0. The topological polar surface area (TPSA) is 38.3 Å². The third kappa shape index (κ3) is 7.94. The van der Waals surface area contributed by atoms with Crippen LogP contribution in [0.15, 0.2) is 285 Å². The van der Waals surface area contributed by atoms with Crippen LogP contribution in [0.1, 0.15) is 26.3 Å². The highest BCUT2D eigenvalue weighted by molar-refractivity contribution is 7.02. The fourth-order valence-corrected chi connectivity index (χ4v) is 13.4. The number of aromatic nitrogens is 1. The van der Waals surface area contributed by atoms with Crippen LogP contribution in [0, 0.1) is 0 Å². The number of anilines is 15. The number of rotatable bonds is 9. The van der Waals surface area contributed by atoms with Crippen LogP contribution in [0.4, 0.5) is 85.6 Å². The Balaban J connectivity index is 1.01. The van der Waals surface area contributed by atoms with E-state index in [4.69, 9.17) is 9.72 Å². The van der Waals surface area contributed by atoms with Crippen LogP contribution in [0.2, 0.25) is 0 Å². The van der Waals surface area contributed by atoms with Crippen molar-refractivity contribution < 1.29 is 4.74 Å². The molecule has 4 aliphatic rings. The van der Waals surface area contributed by atoms with Gasteiger partial charge in [0.15, 0.2) is 0 Å². The van der Waals surface area contributed by atoms with Gasteiger partial charge in [0.1, 0.15) is 23.1 Å². The van der Waals surface area contributed by atoms with Crippen molar-refractivity contribution in [2.75, 3.05) is 24.5 Å². The average molecular weight is 1080 g/mol. The molecule has 4 aliphatic heterocycles. The summed E-state index contributed by atoms with van der Waals surface area (Å²) in [6.07, 6.45) is 0. The summed E-state index contributed by atoms with van der Waals surface area (Å²) in [5.74, 6) is 3.42. The van der Waals surface area contributed by atoms with Gasteiger partial charge < -0.3 is 19.4 Å². The zero-order valence-corrected chi connectivity index (χ0v) is 46.9. The molecular weight excluding hydrogens is 1020 g/mol. The van der Waals surface area contributed by atoms with E-state index < -0.39 is 0 Å². The minimum absolute atomic E-state index is 0.220. The van der Waals surface area contributed by atoms with Crippen molar-refractivity contribution in [1.82, 2.24) is 4.98 Å². The van der Waals surface area contributed by atoms with Crippen molar-refractivity contribution in [3.05, 3.63) is 291 Å². The number of hydrogen-bond acceptors (Lipinski definition) is 7. The molecule has 11 aromatic carbocycles. The van der Waals surface area contributed by atoms with Crippen LogP contribution in [0.3, 0.4) is 0 Å². The fourth-order valence-electron chi connectivity index (χ4n) is 13.4. The fraction of sp³-hybridized carbons (Fsp3) is 0.0533. The normalized spacial score (nSPS) is 13.2. The van der Waals surface area contributed by atoms with Crippen LogP contribution in [-0.4, -0.2) is 18.4 Å². The molecule has 0 N–H and O–H groups in total. The predicted molar refractivity (Wildman–Crippen MR) is 352 cm³/mol. The average Bonchev–Trinajstić information content (AvgIpc) is 0.902. The molecule has 16 rings (SSSR count). The maximum atomic E-state index is 7.23. The summed E-state index contributed by atoms with van der Waals surface area (Å²) in [7, 11) is 0. The number of benzene rings is 11. The van der Waals surface area contributed by atoms with Gasteiger partial charge in [0.25, 0.3) is 13.4 Å². The largest absolute Gasteiger partial charge is 0.458 e. The zero-order chi connectivity index (χ0) is 56.0. The second kappa shape index (κ2) is 19.6. The van der Waals surface area contributed by atoms with Crippen molar-refractivity contribution in [2.24, 2.45) is 0 Å². The number of fused-ring (bicyclic) bond motifs is 8. The third-order valence-corrected chi connectivity index (χ3v) is 17.1. The van der Waals surface area contributed by atoms with Crippen molar-refractivity contribution in [3.63, 3.8) is 0 Å². The monoisotopic (exact) mass is 1080 g/mol. The summed E-state index contributed by atoms with van der Waals surface area (Å²) >= 11 is 0. The molecule has 12 aromatic rings. The van der Waals surface area contributed by atoms with Gasteiger partial charge in [-0.3, -0.25) is 9.80 Å². The van der Waals surface area contributed by atoms with Crippen molar-refractivity contribution in [3.8, 4) is 11.5 Å². The molecule has 0 bridgehead atoms. The van der Waals surface area contributed by atoms with E-state index in [1.54, 1.807) is 0 Å². The van der Waals surface area contributed by atoms with Gasteiger partial charge in [0, 0.05) is 74.3 Å². The highest BCUT2D eigenvalue weighted by Gasteiger charge is 2.49. The summed E-state index contributed by atoms with van der Waals surface area (Å²) in [5.41, 5.74) is 21.7. The third-order valence-electron chi connectivity index (χ3n) is 17.1. The summed E-state index contributed by atoms with van der Waals surface area (Å²) < 4.78 is 7.23. The lowest BCUT2D eigenvalue weighted by atomic mass is 9.31. The zero-order valence-electron chi connectivity index (χ0n) is 46.9. The SMILES string of the molecule is CC(C)(C)c1cc2c3c(c1)N(c1ccccc1)c1nc4c(cc1B3c1ccc(N(c3ccccc3)c3ccccc3)cc1N2c1ccccc1)B1c2ccccc2Oc2cc(N(c3ccccc3)c3ccccc3)cc(c21)N4c1ccccc1. The molecule has 5 heterocycles. The molecule has 1 aromatic heterocycles. The van der Waals surface area contributed by atoms with E-state index in [2.05, 4.69) is 330 Å². The summed E-state index contributed by atoms with van der Waals surface area (Å²) in [4.78, 5) is 18.4. The molecule has 0 unspecified atom stereocenters. The highest BCUT2D eigenvalue weighted by atomic mass is 16.5. The van der Waals surface area contributed by atoms with Crippen LogP contribution < -0.4 is 62.0 Å². The van der Waals surface area contributed by atoms with Crippen molar-refractivity contribution >= 4 is 132 Å². The van der Waals surface area contributed by atoms with E-state index >= 15 is 0 Å². The molecule has 84 heavy (non-hydrogen) atoms. The second-order valence-electron chi connectivity index (χ2n) is 23.1. The van der Waals surface area contributed by atoms with Gasteiger partial charge in [0.05, 0.1) is 5.69 Å².